The minimum atomic E-state index is 0. The zero-order valence-electron chi connectivity index (χ0n) is 12.7. The Bertz CT molecular complexity index is 295. The molecule has 0 amide bonds. The van der Waals surface area contributed by atoms with Crippen LogP contribution in [0.5, 0.6) is 0 Å². The third-order valence-corrected chi connectivity index (χ3v) is 3.58. The number of hydrogen-bond acceptors (Lipinski definition) is 0. The highest BCUT2D eigenvalue weighted by Gasteiger charge is 1.99. The monoisotopic (exact) mass is 375 g/mol. The zero-order valence-corrected chi connectivity index (χ0v) is 14.9. The molecule has 0 aromatic carbocycles. The summed E-state index contributed by atoms with van der Waals surface area (Å²) in [7, 11) is 0. The summed E-state index contributed by atoms with van der Waals surface area (Å²) in [6, 6.07) is 4.38. The molecule has 0 radical (unpaired) electrons. The minimum Gasteiger partial charge on any atom is -1.00 e. The van der Waals surface area contributed by atoms with Gasteiger partial charge in [-0.1, -0.05) is 51.9 Å². The first-order chi connectivity index (χ1) is 8.83. The number of halogens is 1. The van der Waals surface area contributed by atoms with Gasteiger partial charge in [0.05, 0.1) is 0 Å². The summed E-state index contributed by atoms with van der Waals surface area (Å²) in [5, 5.41) is 0. The number of unbranched alkanes of at least 4 members (excludes halogenated alkanes) is 8. The Kier molecular flexibility index (Phi) is 12.8. The van der Waals surface area contributed by atoms with Crippen molar-refractivity contribution in [1.29, 1.82) is 0 Å². The van der Waals surface area contributed by atoms with Gasteiger partial charge in [-0.2, -0.15) is 0 Å². The fraction of sp³-hybridized carbons (Fsp3) is 0.706. The molecule has 0 N–H and O–H groups in total. The van der Waals surface area contributed by atoms with Crippen molar-refractivity contribution in [3.63, 3.8) is 0 Å². The van der Waals surface area contributed by atoms with Gasteiger partial charge in [0.25, 0.3) is 0 Å². The van der Waals surface area contributed by atoms with Crippen LogP contribution in [0.3, 0.4) is 0 Å². The summed E-state index contributed by atoms with van der Waals surface area (Å²) in [4.78, 5) is 0. The summed E-state index contributed by atoms with van der Waals surface area (Å²) >= 11 is 0. The number of rotatable bonds is 10. The Morgan fingerprint density at radius 1 is 0.789 bits per heavy atom. The van der Waals surface area contributed by atoms with Gasteiger partial charge in [0, 0.05) is 18.6 Å². The van der Waals surface area contributed by atoms with E-state index in [4.69, 9.17) is 0 Å². The third kappa shape index (κ3) is 10.3. The molecule has 0 unspecified atom stereocenters. The van der Waals surface area contributed by atoms with Crippen molar-refractivity contribution in [2.24, 2.45) is 0 Å². The van der Waals surface area contributed by atoms with E-state index in [-0.39, 0.29) is 24.0 Å². The van der Waals surface area contributed by atoms with E-state index in [1.165, 1.54) is 69.9 Å². The molecular weight excluding hydrogens is 345 g/mol. The number of hydrogen-bond donors (Lipinski definition) is 0. The molecule has 0 saturated carbocycles. The summed E-state index contributed by atoms with van der Waals surface area (Å²) in [6.07, 6.45) is 17.0. The van der Waals surface area contributed by atoms with Crippen LogP contribution in [0.15, 0.2) is 24.5 Å². The van der Waals surface area contributed by atoms with E-state index in [1.54, 1.807) is 0 Å². The van der Waals surface area contributed by atoms with Crippen LogP contribution in [0.2, 0.25) is 0 Å². The van der Waals surface area contributed by atoms with Gasteiger partial charge in [0.1, 0.15) is 6.54 Å². The fourth-order valence-electron chi connectivity index (χ4n) is 2.29. The van der Waals surface area contributed by atoms with Gasteiger partial charge < -0.3 is 24.0 Å². The average molecular weight is 375 g/mol. The van der Waals surface area contributed by atoms with Crippen LogP contribution < -0.4 is 28.5 Å². The molecule has 110 valence electrons. The lowest BCUT2D eigenvalue weighted by atomic mass is 10.1. The topological polar surface area (TPSA) is 3.88 Å². The standard InChI is InChI=1S/C17H30N.HI/c1-3-4-5-6-7-8-9-10-11-14-18-15-12-17(2)13-16-18;/h12-13,15-16H,3-11,14H2,1-2H3;1H/q+1;/p-1. The molecule has 0 aliphatic carbocycles. The Morgan fingerprint density at radius 3 is 1.79 bits per heavy atom. The number of nitrogens with zero attached hydrogens (tertiary/aromatic N) is 1. The molecule has 2 heteroatoms. The van der Waals surface area contributed by atoms with Crippen molar-refractivity contribution in [3.8, 4) is 0 Å². The maximum atomic E-state index is 2.30. The predicted molar refractivity (Wildman–Crippen MR) is 78.6 cm³/mol. The molecule has 0 atom stereocenters. The van der Waals surface area contributed by atoms with Crippen molar-refractivity contribution in [2.75, 3.05) is 0 Å². The third-order valence-electron chi connectivity index (χ3n) is 3.58. The molecule has 0 bridgehead atoms. The van der Waals surface area contributed by atoms with Crippen LogP contribution in [0.4, 0.5) is 0 Å². The molecule has 1 rings (SSSR count). The lowest BCUT2D eigenvalue weighted by molar-refractivity contribution is -0.697. The molecule has 19 heavy (non-hydrogen) atoms. The average Bonchev–Trinajstić information content (AvgIpc) is 2.39. The second-order valence-electron chi connectivity index (χ2n) is 5.44. The second kappa shape index (κ2) is 12.9. The van der Waals surface area contributed by atoms with Crippen molar-refractivity contribution in [3.05, 3.63) is 30.1 Å². The van der Waals surface area contributed by atoms with Crippen LogP contribution in [0.1, 0.15) is 70.3 Å². The van der Waals surface area contributed by atoms with Crippen LogP contribution in [0, 0.1) is 6.92 Å². The van der Waals surface area contributed by atoms with Crippen molar-refractivity contribution in [2.45, 2.75) is 78.2 Å². The number of aromatic nitrogens is 1. The van der Waals surface area contributed by atoms with Crippen LogP contribution >= 0.6 is 0 Å². The van der Waals surface area contributed by atoms with Crippen molar-refractivity contribution in [1.82, 2.24) is 0 Å². The molecule has 0 saturated heterocycles. The smallest absolute Gasteiger partial charge is 0.169 e. The maximum absolute atomic E-state index is 2.30. The van der Waals surface area contributed by atoms with Crippen molar-refractivity contribution >= 4 is 0 Å². The predicted octanol–water partition coefficient (Wildman–Crippen LogP) is 1.82. The van der Waals surface area contributed by atoms with Gasteiger partial charge in [-0.15, -0.1) is 0 Å². The second-order valence-corrected chi connectivity index (χ2v) is 5.44. The van der Waals surface area contributed by atoms with Gasteiger partial charge in [-0.05, 0) is 18.9 Å². The largest absolute Gasteiger partial charge is 1.00 e. The number of pyridine rings is 1. The van der Waals surface area contributed by atoms with Gasteiger partial charge >= 0.3 is 0 Å². The lowest BCUT2D eigenvalue weighted by Crippen LogP contribution is -3.00. The van der Waals surface area contributed by atoms with Gasteiger partial charge in [0.15, 0.2) is 12.4 Å². The van der Waals surface area contributed by atoms with E-state index >= 15 is 0 Å². The highest BCUT2D eigenvalue weighted by molar-refractivity contribution is 5.03. The van der Waals surface area contributed by atoms with Crippen LogP contribution in [-0.4, -0.2) is 0 Å². The molecule has 0 fully saturated rings. The Hall–Kier alpha value is -0.120. The Morgan fingerprint density at radius 2 is 1.26 bits per heavy atom. The summed E-state index contributed by atoms with van der Waals surface area (Å²) < 4.78 is 2.30. The summed E-state index contributed by atoms with van der Waals surface area (Å²) in [6.45, 7) is 5.60. The molecule has 1 aromatic heterocycles. The summed E-state index contributed by atoms with van der Waals surface area (Å²) in [5.41, 5.74) is 1.35. The number of aryl methyl sites for hydroxylation is 2. The first-order valence-electron chi connectivity index (χ1n) is 7.78. The molecular formula is C17H30IN. The highest BCUT2D eigenvalue weighted by Crippen LogP contribution is 2.09. The molecule has 0 aliphatic rings. The van der Waals surface area contributed by atoms with Gasteiger partial charge in [-0.3, -0.25) is 0 Å². The van der Waals surface area contributed by atoms with E-state index in [1.807, 2.05) is 0 Å². The van der Waals surface area contributed by atoms with Crippen LogP contribution in [0.25, 0.3) is 0 Å². The SMILES string of the molecule is CCCCCCCCCCC[n+]1ccc(C)cc1.[I-]. The molecule has 0 aliphatic heterocycles. The van der Waals surface area contributed by atoms with E-state index < -0.39 is 0 Å². The lowest BCUT2D eigenvalue weighted by Gasteiger charge is -2.01. The summed E-state index contributed by atoms with van der Waals surface area (Å²) in [5.74, 6) is 0. The zero-order chi connectivity index (χ0) is 13.1. The van der Waals surface area contributed by atoms with Crippen LogP contribution in [-0.2, 0) is 6.54 Å². The van der Waals surface area contributed by atoms with Gasteiger partial charge in [0.2, 0.25) is 0 Å². The van der Waals surface area contributed by atoms with E-state index in [0.29, 0.717) is 0 Å². The van der Waals surface area contributed by atoms with E-state index in [0.717, 1.165) is 0 Å². The molecule has 1 aromatic rings. The fourth-order valence-corrected chi connectivity index (χ4v) is 2.29. The first kappa shape index (κ1) is 18.9. The normalized spacial score (nSPS) is 10.2. The molecule has 0 spiro atoms. The highest BCUT2D eigenvalue weighted by atomic mass is 127. The van der Waals surface area contributed by atoms with E-state index in [9.17, 15) is 0 Å². The Balaban J connectivity index is 0.00000324. The minimum absolute atomic E-state index is 0. The molecule has 1 heterocycles. The van der Waals surface area contributed by atoms with Gasteiger partial charge in [-0.25, -0.2) is 4.57 Å². The quantitative estimate of drug-likeness (QED) is 0.334. The maximum Gasteiger partial charge on any atom is 0.169 e. The molecule has 1 nitrogen and oxygen atoms in total. The first-order valence-corrected chi connectivity index (χ1v) is 7.78. The van der Waals surface area contributed by atoms with Crippen molar-refractivity contribution < 1.29 is 28.5 Å². The Labute approximate surface area is 136 Å². The van der Waals surface area contributed by atoms with E-state index in [2.05, 4.69) is 42.9 Å².